The molecule has 0 aromatic heterocycles. The van der Waals surface area contributed by atoms with E-state index in [0.29, 0.717) is 12.8 Å². The number of hydrogen-bond acceptors (Lipinski definition) is 2. The second-order valence-electron chi connectivity index (χ2n) is 5.95. The van der Waals surface area contributed by atoms with Gasteiger partial charge in [-0.25, -0.2) is 0 Å². The van der Waals surface area contributed by atoms with E-state index >= 15 is 0 Å². The predicted octanol–water partition coefficient (Wildman–Crippen LogP) is 7.22. The third-order valence-electron chi connectivity index (χ3n) is 3.96. The van der Waals surface area contributed by atoms with Crippen LogP contribution in [0.3, 0.4) is 0 Å². The van der Waals surface area contributed by atoms with Crippen LogP contribution in [0.4, 0.5) is 0 Å². The van der Waals surface area contributed by atoms with Crippen LogP contribution in [0.2, 0.25) is 0 Å². The average molecular weight is 363 g/mol. The molecule has 2 aromatic rings. The number of azo groups is 1. The fourth-order valence-electron chi connectivity index (χ4n) is 2.71. The van der Waals surface area contributed by atoms with Crippen molar-refractivity contribution < 1.29 is 0 Å². The Morgan fingerprint density at radius 1 is 0.667 bits per heavy atom. The first-order valence-electron chi connectivity index (χ1n) is 8.47. The van der Waals surface area contributed by atoms with Gasteiger partial charge in [-0.05, 0) is 24.0 Å². The Bertz CT molecular complexity index is 588. The first-order chi connectivity index (χ1) is 11.5. The van der Waals surface area contributed by atoms with E-state index in [-0.39, 0.29) is 0 Å². The summed E-state index contributed by atoms with van der Waals surface area (Å²) < 4.78 is 0. The number of halogens is 2. The topological polar surface area (TPSA) is 24.7 Å². The van der Waals surface area contributed by atoms with Gasteiger partial charge < -0.3 is 0 Å². The van der Waals surface area contributed by atoms with Gasteiger partial charge in [-0.15, -0.1) is 0 Å². The van der Waals surface area contributed by atoms with E-state index in [1.165, 1.54) is 0 Å². The molecule has 2 rings (SSSR count). The van der Waals surface area contributed by atoms with Gasteiger partial charge in [-0.1, -0.05) is 111 Å². The van der Waals surface area contributed by atoms with Crippen molar-refractivity contribution in [2.45, 2.75) is 49.5 Å². The van der Waals surface area contributed by atoms with Gasteiger partial charge in [0, 0.05) is 0 Å². The summed E-state index contributed by atoms with van der Waals surface area (Å²) in [5, 5.41) is 9.08. The second kappa shape index (κ2) is 8.64. The van der Waals surface area contributed by atoms with Crippen LogP contribution in [0.25, 0.3) is 0 Å². The lowest BCUT2D eigenvalue weighted by atomic mass is 10.0. The molecule has 0 aliphatic heterocycles. The van der Waals surface area contributed by atoms with Gasteiger partial charge in [0.15, 0.2) is 10.00 Å². The quantitative estimate of drug-likeness (QED) is 0.269. The zero-order valence-electron chi connectivity index (χ0n) is 14.3. The summed E-state index contributed by atoms with van der Waals surface area (Å²) in [6, 6.07) is 19.8. The van der Waals surface area contributed by atoms with Gasteiger partial charge in [-0.2, -0.15) is 10.2 Å². The third kappa shape index (κ3) is 4.58. The molecule has 0 spiro atoms. The first-order valence-corrected chi connectivity index (χ1v) is 9.22. The standard InChI is InChI=1S/C20H24Cl2N2/c1-3-15-19(21,17-11-7-5-8-12-17)23-24-20(22,16-4-2)18-13-9-6-10-14-18/h5-14H,3-4,15-16H2,1-2H3. The molecule has 0 heterocycles. The van der Waals surface area contributed by atoms with Crippen LogP contribution < -0.4 is 0 Å². The molecule has 2 atom stereocenters. The molecular formula is C20H24Cl2N2. The molecule has 0 N–H and O–H groups in total. The van der Waals surface area contributed by atoms with Gasteiger partial charge in [0.2, 0.25) is 0 Å². The van der Waals surface area contributed by atoms with Crippen molar-refractivity contribution >= 4 is 23.2 Å². The van der Waals surface area contributed by atoms with E-state index in [9.17, 15) is 0 Å². The van der Waals surface area contributed by atoms with Crippen LogP contribution in [0, 0.1) is 0 Å². The van der Waals surface area contributed by atoms with E-state index in [4.69, 9.17) is 23.2 Å². The van der Waals surface area contributed by atoms with Crippen molar-refractivity contribution in [3.8, 4) is 0 Å². The Morgan fingerprint density at radius 3 is 1.29 bits per heavy atom. The zero-order chi connectivity index (χ0) is 17.5. The van der Waals surface area contributed by atoms with Crippen molar-refractivity contribution in [1.29, 1.82) is 0 Å². The van der Waals surface area contributed by atoms with Crippen LogP contribution >= 0.6 is 23.2 Å². The minimum absolute atomic E-state index is 0.704. The van der Waals surface area contributed by atoms with Gasteiger partial charge in [-0.3, -0.25) is 0 Å². The summed E-state index contributed by atoms with van der Waals surface area (Å²) in [7, 11) is 0. The molecule has 128 valence electrons. The highest BCUT2D eigenvalue weighted by atomic mass is 35.5. The molecule has 4 heteroatoms. The molecule has 2 aromatic carbocycles. The van der Waals surface area contributed by atoms with Gasteiger partial charge in [0.05, 0.1) is 0 Å². The molecule has 0 aliphatic rings. The molecule has 0 bridgehead atoms. The van der Waals surface area contributed by atoms with E-state index in [2.05, 4.69) is 24.1 Å². The average Bonchev–Trinajstić information content (AvgIpc) is 2.62. The number of nitrogens with zero attached hydrogens (tertiary/aromatic N) is 2. The summed E-state index contributed by atoms with van der Waals surface area (Å²) in [6.45, 7) is 4.18. The monoisotopic (exact) mass is 362 g/mol. The van der Waals surface area contributed by atoms with E-state index in [0.717, 1.165) is 24.0 Å². The third-order valence-corrected chi connectivity index (χ3v) is 4.93. The summed E-state index contributed by atoms with van der Waals surface area (Å²) in [5.74, 6) is 0. The number of rotatable bonds is 8. The van der Waals surface area contributed by atoms with Crippen molar-refractivity contribution in [2.75, 3.05) is 0 Å². The molecule has 0 amide bonds. The molecule has 0 aliphatic carbocycles. The Labute approximate surface area is 154 Å². The SMILES string of the molecule is CCCC(Cl)(N=NC(Cl)(CCC)c1ccccc1)c1ccccc1. The molecule has 0 fully saturated rings. The molecular weight excluding hydrogens is 339 g/mol. The van der Waals surface area contributed by atoms with Crippen molar-refractivity contribution in [3.63, 3.8) is 0 Å². The summed E-state index contributed by atoms with van der Waals surface area (Å²) >= 11 is 13.7. The van der Waals surface area contributed by atoms with E-state index in [1.54, 1.807) is 0 Å². The molecule has 2 unspecified atom stereocenters. The van der Waals surface area contributed by atoms with Crippen molar-refractivity contribution in [3.05, 3.63) is 71.8 Å². The van der Waals surface area contributed by atoms with Gasteiger partial charge >= 0.3 is 0 Å². The van der Waals surface area contributed by atoms with E-state index < -0.39 is 10.00 Å². The minimum Gasteiger partial charge on any atom is -0.164 e. The second-order valence-corrected chi connectivity index (χ2v) is 7.20. The molecule has 24 heavy (non-hydrogen) atoms. The van der Waals surface area contributed by atoms with Crippen LogP contribution in [0.5, 0.6) is 0 Å². The fourth-order valence-corrected chi connectivity index (χ4v) is 3.42. The Balaban J connectivity index is 2.38. The lowest BCUT2D eigenvalue weighted by Gasteiger charge is -2.26. The highest BCUT2D eigenvalue weighted by molar-refractivity contribution is 6.24. The Kier molecular flexibility index (Phi) is 6.82. The Morgan fingerprint density at radius 2 is 1.00 bits per heavy atom. The minimum atomic E-state index is -0.876. The maximum atomic E-state index is 6.84. The Hall–Kier alpha value is -1.38. The normalized spacial score (nSPS) is 16.7. The molecule has 2 nitrogen and oxygen atoms in total. The largest absolute Gasteiger partial charge is 0.179 e. The highest BCUT2D eigenvalue weighted by Crippen LogP contribution is 2.41. The zero-order valence-corrected chi connectivity index (χ0v) is 15.8. The van der Waals surface area contributed by atoms with Crippen LogP contribution in [-0.2, 0) is 10.00 Å². The van der Waals surface area contributed by atoms with Crippen LogP contribution in [-0.4, -0.2) is 0 Å². The molecule has 0 saturated carbocycles. The first kappa shape index (κ1) is 19.0. The maximum absolute atomic E-state index is 6.84. The van der Waals surface area contributed by atoms with Gasteiger partial charge in [0.1, 0.15) is 0 Å². The number of alkyl halides is 2. The van der Waals surface area contributed by atoms with Crippen molar-refractivity contribution in [2.24, 2.45) is 10.2 Å². The van der Waals surface area contributed by atoms with Gasteiger partial charge in [0.25, 0.3) is 0 Å². The van der Waals surface area contributed by atoms with Crippen LogP contribution in [0.15, 0.2) is 70.9 Å². The number of benzene rings is 2. The molecule has 0 saturated heterocycles. The fraction of sp³-hybridized carbons (Fsp3) is 0.400. The lowest BCUT2D eigenvalue weighted by molar-refractivity contribution is 0.472. The van der Waals surface area contributed by atoms with Crippen LogP contribution in [0.1, 0.15) is 50.7 Å². The maximum Gasteiger partial charge on any atom is 0.179 e. The number of hydrogen-bond donors (Lipinski definition) is 0. The highest BCUT2D eigenvalue weighted by Gasteiger charge is 2.33. The van der Waals surface area contributed by atoms with E-state index in [1.807, 2.05) is 60.7 Å². The molecule has 0 radical (unpaired) electrons. The summed E-state index contributed by atoms with van der Waals surface area (Å²) in [4.78, 5) is -1.75. The summed E-state index contributed by atoms with van der Waals surface area (Å²) in [5.41, 5.74) is 1.89. The lowest BCUT2D eigenvalue weighted by Crippen LogP contribution is -2.19. The van der Waals surface area contributed by atoms with Crippen molar-refractivity contribution in [1.82, 2.24) is 0 Å². The summed E-state index contributed by atoms with van der Waals surface area (Å²) in [6.07, 6.45) is 3.23. The predicted molar refractivity (Wildman–Crippen MR) is 103 cm³/mol. The smallest absolute Gasteiger partial charge is 0.164 e.